The number of sulfonamides is 1. The Balaban J connectivity index is 1.59. The highest BCUT2D eigenvalue weighted by Crippen LogP contribution is 2.27. The Hall–Kier alpha value is -3.98. The van der Waals surface area contributed by atoms with Crippen LogP contribution >= 0.6 is 0 Å². The summed E-state index contributed by atoms with van der Waals surface area (Å²) in [5, 5.41) is 2.85. The van der Waals surface area contributed by atoms with E-state index >= 15 is 0 Å². The number of nitrogens with one attached hydrogen (secondary N) is 2. The van der Waals surface area contributed by atoms with Gasteiger partial charge in [0.15, 0.2) is 5.78 Å². The van der Waals surface area contributed by atoms with E-state index in [1.54, 1.807) is 30.3 Å². The van der Waals surface area contributed by atoms with E-state index in [1.165, 1.54) is 31.2 Å². The molecule has 35 heavy (non-hydrogen) atoms. The van der Waals surface area contributed by atoms with Crippen LogP contribution in [0, 0.1) is 0 Å². The number of imidazole rings is 1. The molecular formula is C26H26N4O4S. The number of benzene rings is 3. The summed E-state index contributed by atoms with van der Waals surface area (Å²) in [6.45, 7) is 4.05. The summed E-state index contributed by atoms with van der Waals surface area (Å²) in [7, 11) is -1.95. The zero-order chi connectivity index (χ0) is 25.2. The van der Waals surface area contributed by atoms with Gasteiger partial charge in [-0.15, -0.1) is 0 Å². The van der Waals surface area contributed by atoms with Crippen LogP contribution in [0.1, 0.15) is 41.0 Å². The van der Waals surface area contributed by atoms with Crippen LogP contribution in [0.15, 0.2) is 71.6 Å². The number of aromatic nitrogens is 2. The third-order valence-corrected chi connectivity index (χ3v) is 7.04. The summed E-state index contributed by atoms with van der Waals surface area (Å²) in [5.41, 5.74) is 3.69. The van der Waals surface area contributed by atoms with Crippen LogP contribution in [0.3, 0.4) is 0 Å². The number of hydrogen-bond acceptors (Lipinski definition) is 5. The number of Topliss-reactive ketones (excluding diaryl/α,β-unsaturated/α-hetero) is 1. The average Bonchev–Trinajstić information content (AvgIpc) is 3.18. The average molecular weight is 491 g/mol. The predicted molar refractivity (Wildman–Crippen MR) is 136 cm³/mol. The van der Waals surface area contributed by atoms with E-state index in [9.17, 15) is 18.0 Å². The van der Waals surface area contributed by atoms with Gasteiger partial charge in [0, 0.05) is 30.3 Å². The van der Waals surface area contributed by atoms with Gasteiger partial charge in [0.25, 0.3) is 15.9 Å². The number of anilines is 1. The molecular weight excluding hydrogens is 464 g/mol. The highest BCUT2D eigenvalue weighted by Gasteiger charge is 2.17. The smallest absolute Gasteiger partial charge is 0.261 e. The summed E-state index contributed by atoms with van der Waals surface area (Å²) in [6.07, 6.45) is 0.869. The second-order valence-electron chi connectivity index (χ2n) is 8.22. The zero-order valence-corrected chi connectivity index (χ0v) is 20.5. The van der Waals surface area contributed by atoms with E-state index < -0.39 is 10.0 Å². The maximum absolute atomic E-state index is 12.8. The number of rotatable bonds is 8. The molecule has 1 heterocycles. The molecule has 4 aromatic rings. The van der Waals surface area contributed by atoms with Gasteiger partial charge in [0.1, 0.15) is 5.82 Å². The normalized spacial score (nSPS) is 11.4. The Bertz CT molecular complexity index is 1510. The van der Waals surface area contributed by atoms with E-state index in [0.717, 1.165) is 17.5 Å². The lowest BCUT2D eigenvalue weighted by molar-refractivity contribution is 0.0952. The highest BCUT2D eigenvalue weighted by molar-refractivity contribution is 7.92. The van der Waals surface area contributed by atoms with E-state index in [0.29, 0.717) is 34.7 Å². The maximum atomic E-state index is 12.8. The van der Waals surface area contributed by atoms with Crippen molar-refractivity contribution in [1.82, 2.24) is 14.9 Å². The van der Waals surface area contributed by atoms with Crippen molar-refractivity contribution in [3.8, 4) is 11.4 Å². The lowest BCUT2D eigenvalue weighted by atomic mass is 10.1. The maximum Gasteiger partial charge on any atom is 0.261 e. The third kappa shape index (κ3) is 5.09. The van der Waals surface area contributed by atoms with Crippen molar-refractivity contribution in [2.24, 2.45) is 7.05 Å². The Morgan fingerprint density at radius 2 is 1.60 bits per heavy atom. The van der Waals surface area contributed by atoms with Crippen molar-refractivity contribution < 1.29 is 18.0 Å². The number of aryl methyl sites for hydroxylation is 1. The van der Waals surface area contributed by atoms with Crippen molar-refractivity contribution in [2.45, 2.75) is 25.2 Å². The minimum Gasteiger partial charge on any atom is -0.352 e. The Morgan fingerprint density at radius 3 is 2.23 bits per heavy atom. The molecule has 4 rings (SSSR count). The molecule has 0 aliphatic heterocycles. The largest absolute Gasteiger partial charge is 0.352 e. The molecule has 0 aliphatic carbocycles. The number of fused-ring (bicyclic) bond motifs is 1. The predicted octanol–water partition coefficient (Wildman–Crippen LogP) is 4.38. The van der Waals surface area contributed by atoms with Crippen molar-refractivity contribution in [3.63, 3.8) is 0 Å². The molecule has 0 radical (unpaired) electrons. The van der Waals surface area contributed by atoms with Crippen molar-refractivity contribution >= 4 is 38.4 Å². The summed E-state index contributed by atoms with van der Waals surface area (Å²) >= 11 is 0. The monoisotopic (exact) mass is 490 g/mol. The molecule has 0 unspecified atom stereocenters. The molecule has 0 aliphatic rings. The van der Waals surface area contributed by atoms with Gasteiger partial charge in [-0.05, 0) is 55.8 Å². The molecule has 8 nitrogen and oxygen atoms in total. The first-order valence-electron chi connectivity index (χ1n) is 11.2. The van der Waals surface area contributed by atoms with Gasteiger partial charge in [0.05, 0.1) is 21.6 Å². The Labute approximate surface area is 204 Å². The molecule has 3 aromatic carbocycles. The van der Waals surface area contributed by atoms with Crippen LogP contribution in [0.25, 0.3) is 22.4 Å². The molecule has 9 heteroatoms. The summed E-state index contributed by atoms with van der Waals surface area (Å²) in [4.78, 5) is 28.4. The van der Waals surface area contributed by atoms with E-state index in [-0.39, 0.29) is 16.6 Å². The molecule has 0 fully saturated rings. The number of carbonyl (C=O) groups excluding carboxylic acids is 2. The standard InChI is InChI=1S/C26H26N4O4S/c1-4-15-27-26(32)20-7-5-19(6-8-20)25-28-23-16-21(11-14-24(23)30(25)3)29-35(33,34)22-12-9-18(10-13-22)17(2)31/h5-14,16,29H,4,15H2,1-3H3,(H,27,32). The molecule has 0 atom stereocenters. The third-order valence-electron chi connectivity index (χ3n) is 5.65. The van der Waals surface area contributed by atoms with Gasteiger partial charge < -0.3 is 9.88 Å². The van der Waals surface area contributed by atoms with Gasteiger partial charge in [-0.2, -0.15) is 0 Å². The van der Waals surface area contributed by atoms with Crippen LogP contribution < -0.4 is 10.0 Å². The van der Waals surface area contributed by atoms with Crippen LogP contribution in [0.5, 0.6) is 0 Å². The number of amides is 1. The van der Waals surface area contributed by atoms with Gasteiger partial charge in [-0.3, -0.25) is 14.3 Å². The highest BCUT2D eigenvalue weighted by atomic mass is 32.2. The summed E-state index contributed by atoms with van der Waals surface area (Å²) in [5.74, 6) is 0.448. The molecule has 1 aromatic heterocycles. The van der Waals surface area contributed by atoms with E-state index in [2.05, 4.69) is 10.0 Å². The molecule has 0 saturated heterocycles. The van der Waals surface area contributed by atoms with Crippen molar-refractivity contribution in [3.05, 3.63) is 77.9 Å². The van der Waals surface area contributed by atoms with Crippen LogP contribution in [0.4, 0.5) is 5.69 Å². The molecule has 1 amide bonds. The second kappa shape index (κ2) is 9.71. The van der Waals surface area contributed by atoms with E-state index in [4.69, 9.17) is 4.98 Å². The summed E-state index contributed by atoms with van der Waals surface area (Å²) in [6, 6.07) is 18.2. The minimum absolute atomic E-state index is 0.0624. The first-order chi connectivity index (χ1) is 16.7. The lowest BCUT2D eigenvalue weighted by Crippen LogP contribution is -2.23. The molecule has 0 spiro atoms. The van der Waals surface area contributed by atoms with Crippen molar-refractivity contribution in [1.29, 1.82) is 0 Å². The van der Waals surface area contributed by atoms with Crippen LogP contribution in [-0.2, 0) is 17.1 Å². The Kier molecular flexibility index (Phi) is 6.70. The number of carbonyl (C=O) groups is 2. The van der Waals surface area contributed by atoms with Crippen LogP contribution in [0.2, 0.25) is 0 Å². The SMILES string of the molecule is CCCNC(=O)c1ccc(-c2nc3cc(NS(=O)(=O)c4ccc(C(C)=O)cc4)ccc3n2C)cc1. The van der Waals surface area contributed by atoms with Gasteiger partial charge in [-0.25, -0.2) is 13.4 Å². The number of ketones is 1. The number of nitrogens with zero attached hydrogens (tertiary/aromatic N) is 2. The summed E-state index contributed by atoms with van der Waals surface area (Å²) < 4.78 is 30.1. The fraction of sp³-hybridized carbons (Fsp3) is 0.192. The van der Waals surface area contributed by atoms with Gasteiger partial charge in [0.2, 0.25) is 0 Å². The van der Waals surface area contributed by atoms with E-state index in [1.807, 2.05) is 30.7 Å². The first-order valence-corrected chi connectivity index (χ1v) is 12.7. The minimum atomic E-state index is -3.83. The van der Waals surface area contributed by atoms with Crippen molar-refractivity contribution in [2.75, 3.05) is 11.3 Å². The topological polar surface area (TPSA) is 110 Å². The molecule has 2 N–H and O–H groups in total. The van der Waals surface area contributed by atoms with Gasteiger partial charge in [-0.1, -0.05) is 31.2 Å². The second-order valence-corrected chi connectivity index (χ2v) is 9.90. The zero-order valence-electron chi connectivity index (χ0n) is 19.7. The Morgan fingerprint density at radius 1 is 0.943 bits per heavy atom. The molecule has 0 bridgehead atoms. The fourth-order valence-corrected chi connectivity index (χ4v) is 4.77. The molecule has 0 saturated carbocycles. The lowest BCUT2D eigenvalue weighted by Gasteiger charge is -2.09. The number of hydrogen-bond donors (Lipinski definition) is 2. The fourth-order valence-electron chi connectivity index (χ4n) is 3.72. The van der Waals surface area contributed by atoms with Gasteiger partial charge >= 0.3 is 0 Å². The first kappa shape index (κ1) is 24.2. The molecule has 180 valence electrons. The quantitative estimate of drug-likeness (QED) is 0.356. The van der Waals surface area contributed by atoms with Crippen LogP contribution in [-0.4, -0.2) is 36.2 Å².